The van der Waals surface area contributed by atoms with Crippen LogP contribution in [0.1, 0.15) is 76.2 Å². The van der Waals surface area contributed by atoms with E-state index in [1.807, 2.05) is 0 Å². The van der Waals surface area contributed by atoms with Crippen LogP contribution in [0.3, 0.4) is 0 Å². The number of benzene rings is 1. The van der Waals surface area contributed by atoms with Gasteiger partial charge in [-0.05, 0) is 61.1 Å². The highest BCUT2D eigenvalue weighted by molar-refractivity contribution is 6.58. The van der Waals surface area contributed by atoms with Crippen molar-refractivity contribution in [2.45, 2.75) is 88.8 Å². The summed E-state index contributed by atoms with van der Waals surface area (Å²) in [6.45, 7) is 2.32. The summed E-state index contributed by atoms with van der Waals surface area (Å²) in [5.41, 5.74) is 0.638. The van der Waals surface area contributed by atoms with Gasteiger partial charge < -0.3 is 0 Å². The standard InChI is InChI=1S/C22H33F3Si/c1-2-11-26-12-9-17(10-13-26)4-3-16-5-7-18(8-6-16)19-14-20(23)22(25)21(24)15-19/h14-18,26H,2-13H2,1H3/t16-,17?,18-,26?. The molecule has 2 fully saturated rings. The van der Waals surface area contributed by atoms with Crippen molar-refractivity contribution in [3.63, 3.8) is 0 Å². The highest BCUT2D eigenvalue weighted by Crippen LogP contribution is 2.40. The van der Waals surface area contributed by atoms with Gasteiger partial charge in [-0.15, -0.1) is 0 Å². The summed E-state index contributed by atoms with van der Waals surface area (Å²) >= 11 is 0. The predicted octanol–water partition coefficient (Wildman–Crippen LogP) is 7.21. The molecule has 1 aliphatic carbocycles. The van der Waals surface area contributed by atoms with Crippen molar-refractivity contribution in [2.24, 2.45) is 11.8 Å². The normalized spacial score (nSPS) is 29.7. The van der Waals surface area contributed by atoms with Gasteiger partial charge in [-0.25, -0.2) is 13.2 Å². The fourth-order valence-corrected chi connectivity index (χ4v) is 8.85. The number of hydrogen-bond acceptors (Lipinski definition) is 0. The van der Waals surface area contributed by atoms with Crippen LogP contribution in [0, 0.1) is 29.3 Å². The summed E-state index contributed by atoms with van der Waals surface area (Å²) in [6, 6.07) is 7.06. The fourth-order valence-electron chi connectivity index (χ4n) is 5.28. The molecule has 0 bridgehead atoms. The molecule has 2 aliphatic rings. The van der Waals surface area contributed by atoms with Crippen molar-refractivity contribution in [3.8, 4) is 0 Å². The lowest BCUT2D eigenvalue weighted by Crippen LogP contribution is -2.22. The molecule has 0 N–H and O–H groups in total. The topological polar surface area (TPSA) is 0 Å². The minimum absolute atomic E-state index is 0.186. The Hall–Kier alpha value is -0.773. The summed E-state index contributed by atoms with van der Waals surface area (Å²) < 4.78 is 40.1. The van der Waals surface area contributed by atoms with E-state index >= 15 is 0 Å². The van der Waals surface area contributed by atoms with Gasteiger partial charge in [0.05, 0.1) is 0 Å². The molecular weight excluding hydrogens is 349 g/mol. The van der Waals surface area contributed by atoms with Gasteiger partial charge in [-0.3, -0.25) is 0 Å². The zero-order valence-corrected chi connectivity index (χ0v) is 17.2. The molecule has 0 amide bonds. The minimum atomic E-state index is -1.35. The van der Waals surface area contributed by atoms with Gasteiger partial charge in [0.25, 0.3) is 0 Å². The first-order valence-corrected chi connectivity index (χ1v) is 13.2. The third-order valence-electron chi connectivity index (χ3n) is 6.97. The van der Waals surface area contributed by atoms with Crippen LogP contribution >= 0.6 is 0 Å². The first kappa shape index (κ1) is 20.0. The molecule has 3 rings (SSSR count). The smallest absolute Gasteiger partial charge is 0.194 e. The number of halogens is 3. The Morgan fingerprint density at radius 3 is 1.92 bits per heavy atom. The zero-order chi connectivity index (χ0) is 18.5. The van der Waals surface area contributed by atoms with Crippen molar-refractivity contribution in [3.05, 3.63) is 35.1 Å². The van der Waals surface area contributed by atoms with E-state index in [0.717, 1.165) is 37.5 Å². The molecule has 0 nitrogen and oxygen atoms in total. The first-order valence-electron chi connectivity index (χ1n) is 10.7. The first-order chi connectivity index (χ1) is 12.6. The Morgan fingerprint density at radius 1 is 0.846 bits per heavy atom. The molecule has 1 saturated heterocycles. The van der Waals surface area contributed by atoms with E-state index in [1.54, 1.807) is 18.1 Å². The SMILES string of the molecule is CCC[SiH]1CCC(CC[C@H]2CC[C@H](c3cc(F)c(F)c(F)c3)CC2)CC1. The second-order valence-electron chi connectivity index (χ2n) is 8.77. The molecular formula is C22H33F3Si. The van der Waals surface area contributed by atoms with E-state index in [9.17, 15) is 13.2 Å². The van der Waals surface area contributed by atoms with Gasteiger partial charge in [-0.1, -0.05) is 57.2 Å². The van der Waals surface area contributed by atoms with Gasteiger partial charge in [0.2, 0.25) is 0 Å². The fraction of sp³-hybridized carbons (Fsp3) is 0.727. The lowest BCUT2D eigenvalue weighted by Gasteiger charge is -2.32. The third-order valence-corrected chi connectivity index (χ3v) is 10.7. The van der Waals surface area contributed by atoms with Crippen LogP contribution in [-0.2, 0) is 0 Å². The summed E-state index contributed by atoms with van der Waals surface area (Å²) in [5.74, 6) is -1.54. The highest BCUT2D eigenvalue weighted by Gasteiger charge is 2.26. The summed E-state index contributed by atoms with van der Waals surface area (Å²) in [6.07, 6.45) is 11.3. The average Bonchev–Trinajstić information content (AvgIpc) is 2.66. The Bertz CT molecular complexity index is 550. The van der Waals surface area contributed by atoms with Crippen LogP contribution in [0.15, 0.2) is 12.1 Å². The molecule has 1 aliphatic heterocycles. The van der Waals surface area contributed by atoms with Gasteiger partial charge in [0.1, 0.15) is 0 Å². The van der Waals surface area contributed by atoms with Crippen molar-refractivity contribution in [2.75, 3.05) is 0 Å². The molecule has 1 heterocycles. The van der Waals surface area contributed by atoms with E-state index in [1.165, 1.54) is 44.2 Å². The lowest BCUT2D eigenvalue weighted by atomic mass is 9.76. The number of hydrogen-bond donors (Lipinski definition) is 0. The molecule has 26 heavy (non-hydrogen) atoms. The molecule has 1 aromatic rings. The van der Waals surface area contributed by atoms with Gasteiger partial charge in [0, 0.05) is 8.80 Å². The molecule has 4 heteroatoms. The Labute approximate surface area is 158 Å². The van der Waals surface area contributed by atoms with Gasteiger partial charge in [-0.2, -0.15) is 0 Å². The van der Waals surface area contributed by atoms with Crippen molar-refractivity contribution < 1.29 is 13.2 Å². The summed E-state index contributed by atoms with van der Waals surface area (Å²) in [5, 5.41) is 0. The van der Waals surface area contributed by atoms with Crippen LogP contribution in [0.5, 0.6) is 0 Å². The molecule has 0 atom stereocenters. The Morgan fingerprint density at radius 2 is 1.38 bits per heavy atom. The minimum Gasteiger partial charge on any atom is -0.204 e. The maximum Gasteiger partial charge on any atom is 0.194 e. The van der Waals surface area contributed by atoms with Crippen LogP contribution < -0.4 is 0 Å². The van der Waals surface area contributed by atoms with E-state index in [4.69, 9.17) is 0 Å². The van der Waals surface area contributed by atoms with E-state index < -0.39 is 17.5 Å². The molecule has 0 aromatic heterocycles. The van der Waals surface area contributed by atoms with Crippen LogP contribution in [0.2, 0.25) is 18.1 Å². The average molecular weight is 383 g/mol. The second kappa shape index (κ2) is 9.43. The van der Waals surface area contributed by atoms with Crippen LogP contribution in [0.4, 0.5) is 13.2 Å². The van der Waals surface area contributed by atoms with Crippen molar-refractivity contribution >= 4 is 8.80 Å². The van der Waals surface area contributed by atoms with Crippen LogP contribution in [0.25, 0.3) is 0 Å². The molecule has 0 radical (unpaired) electrons. The largest absolute Gasteiger partial charge is 0.204 e. The Kier molecular flexibility index (Phi) is 7.25. The zero-order valence-electron chi connectivity index (χ0n) is 16.1. The quantitative estimate of drug-likeness (QED) is 0.360. The molecule has 0 spiro atoms. The van der Waals surface area contributed by atoms with Crippen LogP contribution in [-0.4, -0.2) is 8.80 Å². The van der Waals surface area contributed by atoms with E-state index in [0.29, 0.717) is 5.56 Å². The molecule has 146 valence electrons. The summed E-state index contributed by atoms with van der Waals surface area (Å²) in [7, 11) is -0.367. The predicted molar refractivity (Wildman–Crippen MR) is 105 cm³/mol. The molecule has 0 unspecified atom stereocenters. The van der Waals surface area contributed by atoms with Gasteiger partial charge >= 0.3 is 0 Å². The lowest BCUT2D eigenvalue weighted by molar-refractivity contribution is 0.279. The second-order valence-corrected chi connectivity index (χ2v) is 12.2. The maximum absolute atomic E-state index is 13.5. The molecule has 1 aromatic carbocycles. The third kappa shape index (κ3) is 5.14. The van der Waals surface area contributed by atoms with Gasteiger partial charge in [0.15, 0.2) is 17.5 Å². The highest BCUT2D eigenvalue weighted by atomic mass is 28.3. The van der Waals surface area contributed by atoms with E-state index in [2.05, 4.69) is 6.92 Å². The Balaban J connectivity index is 1.40. The monoisotopic (exact) mass is 382 g/mol. The maximum atomic E-state index is 13.5. The summed E-state index contributed by atoms with van der Waals surface area (Å²) in [4.78, 5) is 0. The number of rotatable bonds is 6. The van der Waals surface area contributed by atoms with E-state index in [-0.39, 0.29) is 14.7 Å². The molecule has 1 saturated carbocycles. The van der Waals surface area contributed by atoms with Crippen molar-refractivity contribution in [1.82, 2.24) is 0 Å². The van der Waals surface area contributed by atoms with Crippen molar-refractivity contribution in [1.29, 1.82) is 0 Å².